The third-order valence-corrected chi connectivity index (χ3v) is 16.4. The lowest BCUT2D eigenvalue weighted by Gasteiger charge is -2.34. The fraction of sp³-hybridized carbons (Fsp3) is 0.508. The Morgan fingerprint density at radius 1 is 1.00 bits per heavy atom. The number of methoxy groups -OCH3 is 1. The molecule has 2 unspecified atom stereocenters. The summed E-state index contributed by atoms with van der Waals surface area (Å²) in [7, 11) is 5.48. The van der Waals surface area contributed by atoms with E-state index in [2.05, 4.69) is 77.2 Å². The van der Waals surface area contributed by atoms with Crippen molar-refractivity contribution in [1.82, 2.24) is 35.1 Å². The van der Waals surface area contributed by atoms with Gasteiger partial charge in [-0.2, -0.15) is 0 Å². The number of fused-ring (bicyclic) bond motifs is 9. The molecule has 75 heavy (non-hydrogen) atoms. The van der Waals surface area contributed by atoms with Crippen LogP contribution >= 0.6 is 0 Å². The number of amides is 3. The number of aromatic nitrogens is 2. The lowest BCUT2D eigenvalue weighted by atomic mass is 9.84. The van der Waals surface area contributed by atoms with Gasteiger partial charge in [0.15, 0.2) is 0 Å². The highest BCUT2D eigenvalue weighted by molar-refractivity contribution is 5.97. The van der Waals surface area contributed by atoms with Gasteiger partial charge in [-0.3, -0.25) is 29.2 Å². The molecule has 0 spiro atoms. The number of nitrogens with one attached hydrogen (secondary N) is 2. The van der Waals surface area contributed by atoms with Gasteiger partial charge in [0.05, 0.1) is 42.0 Å². The molecule has 5 aliphatic rings. The van der Waals surface area contributed by atoms with E-state index in [0.29, 0.717) is 38.0 Å². The Bertz CT molecular complexity index is 2970. The molecule has 0 radical (unpaired) electrons. The number of carbonyl (C=O) groups excluding carboxylic acids is 4. The van der Waals surface area contributed by atoms with E-state index in [1.807, 2.05) is 63.4 Å². The van der Waals surface area contributed by atoms with Crippen LogP contribution in [0.1, 0.15) is 88.8 Å². The lowest BCUT2D eigenvalue weighted by molar-refractivity contribution is -0.151. The number of anilines is 1. The number of phenols is 1. The summed E-state index contributed by atoms with van der Waals surface area (Å²) in [6.07, 6.45) is 2.71. The van der Waals surface area contributed by atoms with Crippen LogP contribution in [-0.4, -0.2) is 144 Å². The highest BCUT2D eigenvalue weighted by Gasteiger charge is 2.59. The molecule has 3 saturated heterocycles. The van der Waals surface area contributed by atoms with Gasteiger partial charge >= 0.3 is 5.97 Å². The van der Waals surface area contributed by atoms with Crippen molar-refractivity contribution in [3.05, 3.63) is 101 Å². The van der Waals surface area contributed by atoms with E-state index in [9.17, 15) is 19.5 Å². The number of aromatic hydroxyl groups is 1. The highest BCUT2D eigenvalue weighted by atomic mass is 16.5. The molecule has 6 bridgehead atoms. The Balaban J connectivity index is 1.05. The van der Waals surface area contributed by atoms with Gasteiger partial charge in [0.1, 0.15) is 30.0 Å². The fourth-order valence-corrected chi connectivity index (χ4v) is 12.2. The van der Waals surface area contributed by atoms with Crippen molar-refractivity contribution >= 4 is 40.3 Å². The number of hydrogen-bond acceptors (Lipinski definition) is 12. The average Bonchev–Trinajstić information content (AvgIpc) is 3.69. The quantitative estimate of drug-likeness (QED) is 0.118. The Hall–Kier alpha value is -6.33. The second kappa shape index (κ2) is 21.0. The molecule has 2 aromatic heterocycles. The number of carbonyl (C=O) groups is 4. The minimum absolute atomic E-state index is 0.00646. The van der Waals surface area contributed by atoms with E-state index < -0.39 is 47.4 Å². The number of ether oxygens (including phenoxy) is 3. The topological polar surface area (TPSA) is 171 Å². The maximum absolute atomic E-state index is 15.0. The van der Waals surface area contributed by atoms with Gasteiger partial charge in [-0.1, -0.05) is 70.2 Å². The number of hydrogen-bond donors (Lipinski definition) is 3. The van der Waals surface area contributed by atoms with Crippen molar-refractivity contribution < 1.29 is 38.5 Å². The molecule has 3 amide bonds. The first-order valence-electron chi connectivity index (χ1n) is 26.9. The molecular weight excluding hydrogens is 949 g/mol. The van der Waals surface area contributed by atoms with Crippen molar-refractivity contribution in [2.45, 2.75) is 116 Å². The van der Waals surface area contributed by atoms with Crippen LogP contribution in [0.3, 0.4) is 0 Å². The van der Waals surface area contributed by atoms with Crippen molar-refractivity contribution in [3.8, 4) is 28.1 Å². The van der Waals surface area contributed by atoms with E-state index in [1.165, 1.54) is 9.91 Å². The first-order chi connectivity index (χ1) is 35.9. The first-order valence-corrected chi connectivity index (χ1v) is 26.9. The third kappa shape index (κ3) is 10.3. The molecule has 3 aromatic carbocycles. The van der Waals surface area contributed by atoms with Crippen molar-refractivity contribution in [1.29, 1.82) is 0 Å². The van der Waals surface area contributed by atoms with Crippen molar-refractivity contribution in [2.75, 3.05) is 65.5 Å². The van der Waals surface area contributed by atoms with E-state index in [0.717, 1.165) is 82.0 Å². The summed E-state index contributed by atoms with van der Waals surface area (Å²) in [5.74, 6) is -2.34. The zero-order valence-electron chi connectivity index (χ0n) is 45.0. The van der Waals surface area contributed by atoms with Crippen molar-refractivity contribution in [3.63, 3.8) is 0 Å². The summed E-state index contributed by atoms with van der Waals surface area (Å²) >= 11 is 0. The Morgan fingerprint density at radius 2 is 1.76 bits per heavy atom. The summed E-state index contributed by atoms with van der Waals surface area (Å²) in [6, 6.07) is 20.6. The van der Waals surface area contributed by atoms with Gasteiger partial charge in [-0.25, -0.2) is 5.43 Å². The zero-order chi connectivity index (χ0) is 53.0. The molecular formula is C59H74N8O8. The molecule has 1 saturated carbocycles. The number of nitrogens with zero attached hydrogens (tertiary/aromatic N) is 6. The highest BCUT2D eigenvalue weighted by Crippen LogP contribution is 2.46. The maximum Gasteiger partial charge on any atom is 0.325 e. The number of cyclic esters (lactones) is 1. The maximum atomic E-state index is 15.0. The number of piperazine rings is 1. The SMILES string of the molecule is CCn1c(-c2cc(N3CCN(C)CC3)cnc2[C@H](C)OC)c2c3cc(ccc31)-c1cc(O)cc(c1)C[C@H](NC(=O)[C@H](C(C)C)N(C)C(=O)[C@@H]1OCC[C@@H]1c1ccccc1)C(=O)N1N[C@H](C(=O)OCC(C)(C)C2)C2CC21. The predicted octanol–water partition coefficient (Wildman–Crippen LogP) is 6.87. The minimum Gasteiger partial charge on any atom is -0.508 e. The summed E-state index contributed by atoms with van der Waals surface area (Å²) in [6.45, 7) is 17.0. The minimum atomic E-state index is -1.15. The van der Waals surface area contributed by atoms with Gasteiger partial charge in [-0.15, -0.1) is 0 Å². The van der Waals surface area contributed by atoms with Crippen LogP contribution in [0, 0.1) is 17.3 Å². The molecule has 398 valence electrons. The molecule has 4 fully saturated rings. The van der Waals surface area contributed by atoms with E-state index in [4.69, 9.17) is 19.2 Å². The number of esters is 1. The second-order valence-corrected chi connectivity index (χ2v) is 22.7. The number of benzene rings is 3. The van der Waals surface area contributed by atoms with Crippen LogP contribution in [0.25, 0.3) is 33.3 Å². The van der Waals surface area contributed by atoms with Gasteiger partial charge in [0, 0.05) is 93.6 Å². The van der Waals surface area contributed by atoms with Crippen LogP contribution < -0.4 is 15.6 Å². The normalized spacial score (nSPS) is 24.7. The molecule has 16 nitrogen and oxygen atoms in total. The van der Waals surface area contributed by atoms with Gasteiger partial charge in [0.25, 0.3) is 11.8 Å². The van der Waals surface area contributed by atoms with Gasteiger partial charge < -0.3 is 43.9 Å². The number of rotatable bonds is 11. The van der Waals surface area contributed by atoms with Crippen LogP contribution in [0.15, 0.2) is 79.0 Å². The summed E-state index contributed by atoms with van der Waals surface area (Å²) in [5.41, 5.74) is 11.8. The fourth-order valence-electron chi connectivity index (χ4n) is 12.2. The molecule has 16 heteroatoms. The van der Waals surface area contributed by atoms with Crippen LogP contribution in [0.5, 0.6) is 5.75 Å². The molecule has 10 rings (SSSR count). The summed E-state index contributed by atoms with van der Waals surface area (Å²) < 4.78 is 20.7. The Morgan fingerprint density at radius 3 is 2.48 bits per heavy atom. The van der Waals surface area contributed by atoms with Gasteiger partial charge in [-0.05, 0) is 104 Å². The van der Waals surface area contributed by atoms with E-state index in [1.54, 1.807) is 26.3 Å². The van der Waals surface area contributed by atoms with Crippen LogP contribution in [0.2, 0.25) is 0 Å². The van der Waals surface area contributed by atoms with E-state index >= 15 is 4.79 Å². The number of aryl methyl sites for hydroxylation is 1. The third-order valence-electron chi connectivity index (χ3n) is 16.4. The smallest absolute Gasteiger partial charge is 0.325 e. The number of pyridine rings is 1. The monoisotopic (exact) mass is 1020 g/mol. The largest absolute Gasteiger partial charge is 0.508 e. The number of likely N-dealkylation sites (N-methyl/N-ethyl adjacent to an activating group) is 2. The lowest BCUT2D eigenvalue weighted by Crippen LogP contribution is -2.59. The van der Waals surface area contributed by atoms with Crippen LogP contribution in [0.4, 0.5) is 5.69 Å². The molecule has 1 aliphatic carbocycles. The molecule has 5 aromatic rings. The summed E-state index contributed by atoms with van der Waals surface area (Å²) in [4.78, 5) is 69.8. The standard InChI is InChI=1S/C59H74N8O8/c1-10-66-48-17-16-38-28-43(48)46(53(66)45-29-40(32-60-50(45)35(4)73-9)65-21-19-63(7)20-22-65)31-59(5,6)33-75-58(72)51-44-30-49(44)67(62-51)56(70)47(26-36-24-39(38)27-41(68)25-36)61-55(69)52(34(2)3)64(8)57(71)54-42(18-23-74-54)37-14-12-11-13-15-37/h11-17,24-25,27-29,32,34-35,42,44,47,49,51-52,54,62,68H,10,18-23,26,30-31,33H2,1-9H3,(H,61,69)/t35-,42+,44?,47-,49?,51-,52-,54+/m0/s1. The molecule has 8 atom stereocenters. The number of hydrazine groups is 1. The zero-order valence-corrected chi connectivity index (χ0v) is 45.0. The van der Waals surface area contributed by atoms with Crippen molar-refractivity contribution in [2.24, 2.45) is 17.3 Å². The van der Waals surface area contributed by atoms with Gasteiger partial charge in [0.2, 0.25) is 5.91 Å². The molecule has 4 aliphatic heterocycles. The first kappa shape index (κ1) is 52.1. The van der Waals surface area contributed by atoms with E-state index in [-0.39, 0.29) is 54.6 Å². The Labute approximate surface area is 440 Å². The second-order valence-electron chi connectivity index (χ2n) is 22.7. The predicted molar refractivity (Wildman–Crippen MR) is 288 cm³/mol. The summed E-state index contributed by atoms with van der Waals surface area (Å²) in [5, 5.41) is 17.1. The molecule has 6 heterocycles. The molecule has 3 N–H and O–H groups in total. The average molecular weight is 1020 g/mol. The Kier molecular flexibility index (Phi) is 14.6. The number of phenolic OH excluding ortho intramolecular Hbond substituents is 1. The van der Waals surface area contributed by atoms with Crippen LogP contribution in [-0.2, 0) is 52.8 Å².